The number of allylic oxidation sites excluding steroid dienone is 2. The van der Waals surface area contributed by atoms with Gasteiger partial charge in [0.15, 0.2) is 0 Å². The van der Waals surface area contributed by atoms with E-state index in [1.165, 1.54) is 22.3 Å². The zero-order chi connectivity index (χ0) is 69.9. The molecule has 2 atom stereocenters. The number of rotatable bonds is 22. The average Bonchev–Trinajstić information content (AvgIpc) is 1.64. The number of aliphatic hydroxyl groups excluding tert-OH is 2. The Bertz CT molecular complexity index is 4260. The summed E-state index contributed by atoms with van der Waals surface area (Å²) in [6, 6.07) is 62.4. The number of benzene rings is 8. The lowest BCUT2D eigenvalue weighted by Gasteiger charge is -2.19. The number of aromatic amines is 2. The molecule has 100 heavy (non-hydrogen) atoms. The van der Waals surface area contributed by atoms with E-state index >= 15 is 0 Å². The number of aromatic nitrogens is 2. The van der Waals surface area contributed by atoms with E-state index in [4.69, 9.17) is 52.4 Å². The molecule has 0 aliphatic heterocycles. The van der Waals surface area contributed by atoms with Crippen LogP contribution < -0.4 is 10.6 Å². The smallest absolute Gasteiger partial charge is 0.407 e. The molecular weight excluding hydrogens is 1300 g/mol. The number of aliphatic carboxylic acids is 1. The quantitative estimate of drug-likeness (QED) is 0.00838. The van der Waals surface area contributed by atoms with Crippen molar-refractivity contribution in [1.82, 2.24) is 20.6 Å². The van der Waals surface area contributed by atoms with Gasteiger partial charge in [0.25, 0.3) is 0 Å². The molecule has 0 saturated carbocycles. The lowest BCUT2D eigenvalue weighted by molar-refractivity contribution is -0.147. The van der Waals surface area contributed by atoms with E-state index in [1.54, 1.807) is 6.20 Å². The Morgan fingerprint density at radius 2 is 0.790 bits per heavy atom. The molecule has 3 radical (unpaired) electrons. The molecule has 3 aliphatic rings. The minimum Gasteiger partial charge on any atom is -0.480 e. The Morgan fingerprint density at radius 1 is 0.460 bits per heavy atom. The van der Waals surface area contributed by atoms with Crippen molar-refractivity contribution < 1.29 is 58.2 Å². The third-order valence-electron chi connectivity index (χ3n) is 17.2. The van der Waals surface area contributed by atoms with Crippen LogP contribution in [0.1, 0.15) is 102 Å². The van der Waals surface area contributed by atoms with Crippen molar-refractivity contribution in [1.29, 1.82) is 0 Å². The van der Waals surface area contributed by atoms with Gasteiger partial charge in [0.05, 0.1) is 11.9 Å². The van der Waals surface area contributed by atoms with Crippen LogP contribution in [-0.2, 0) is 46.2 Å². The lowest BCUT2D eigenvalue weighted by Crippen LogP contribution is -2.44. The number of carbonyl (C=O) groups excluding carboxylic acids is 4. The average molecular weight is 1390 g/mol. The Labute approximate surface area is 594 Å². The van der Waals surface area contributed by atoms with Crippen molar-refractivity contribution >= 4 is 83.5 Å². The van der Waals surface area contributed by atoms with Gasteiger partial charge in [0.2, 0.25) is 0 Å². The number of ether oxygens (including phenoxy) is 4. The van der Waals surface area contributed by atoms with Gasteiger partial charge in [-0.15, -0.1) is 23.2 Å². The predicted octanol–water partition coefficient (Wildman–Crippen LogP) is 15.9. The number of hydrogen-bond donors (Lipinski definition) is 7. The lowest BCUT2D eigenvalue weighted by atomic mass is 9.98. The second-order valence-corrected chi connectivity index (χ2v) is 24.2. The largest absolute Gasteiger partial charge is 0.480 e. The summed E-state index contributed by atoms with van der Waals surface area (Å²) in [5.41, 5.74) is 17.5. The monoisotopic (exact) mass is 1380 g/mol. The van der Waals surface area contributed by atoms with Crippen LogP contribution in [0, 0.1) is 0 Å². The van der Waals surface area contributed by atoms with Gasteiger partial charge in [0.1, 0.15) is 38.5 Å². The number of halogens is 2. The van der Waals surface area contributed by atoms with Gasteiger partial charge in [-0.3, -0.25) is 0 Å². The van der Waals surface area contributed by atoms with Crippen LogP contribution in [0.25, 0.3) is 55.2 Å². The van der Waals surface area contributed by atoms with Gasteiger partial charge in [-0.05, 0) is 116 Å². The van der Waals surface area contributed by atoms with Crippen molar-refractivity contribution in [2.24, 2.45) is 0 Å². The van der Waals surface area contributed by atoms with E-state index in [9.17, 15) is 29.1 Å². The van der Waals surface area contributed by atoms with Gasteiger partial charge >= 0.3 is 30.1 Å². The highest BCUT2D eigenvalue weighted by Gasteiger charge is 2.33. The summed E-state index contributed by atoms with van der Waals surface area (Å²) in [5, 5.41) is 34.0. The van der Waals surface area contributed by atoms with Crippen LogP contribution in [0.15, 0.2) is 231 Å². The second kappa shape index (κ2) is 38.8. The van der Waals surface area contributed by atoms with Gasteiger partial charge in [0, 0.05) is 79.8 Å². The number of carbonyl (C=O) groups is 5. The molecule has 10 aromatic rings. The fraction of sp³-hybridized carbons (Fsp3) is 0.247. The molecule has 515 valence electrons. The number of hydrogen-bond acceptors (Lipinski definition) is 11. The number of nitrogens with one attached hydrogen (secondary N) is 4. The molecule has 16 nitrogen and oxygen atoms in total. The molecule has 2 amide bonds. The Morgan fingerprint density at radius 3 is 1.15 bits per heavy atom. The predicted molar refractivity (Wildman–Crippen MR) is 396 cm³/mol. The number of carboxylic acid groups (broad SMARTS) is 1. The third-order valence-corrected chi connectivity index (χ3v) is 17.2. The van der Waals surface area contributed by atoms with Crippen LogP contribution in [0.4, 0.5) is 9.59 Å². The summed E-state index contributed by atoms with van der Waals surface area (Å²) in [6.45, 7) is 4.67. The number of esters is 2. The van der Waals surface area contributed by atoms with E-state index in [2.05, 4.69) is 101 Å². The molecule has 7 N–H and O–H groups in total. The molecular formula is C81H82BCl2N4O12. The number of para-hydroxylation sites is 2. The SMILES string of the molecule is CC/C=C\CCO.CC/C=C\CCOC(=O)[C@H](Cc1c[nH]c2ccccc12)NC(=O)OCC1c2ccccc2-c2ccccc21.ClCCl.O=C(CO)OCC1c2ccccc2-c2ccccc21.O=C(N[C@@H](Cc1c[nH]c2ccccc12)C(=O)O)OCC1c2ccccc2-c2ccccc21.[B]. The molecule has 0 spiro atoms. The van der Waals surface area contributed by atoms with Crippen molar-refractivity contribution in [3.63, 3.8) is 0 Å². The molecule has 2 aromatic heterocycles. The third kappa shape index (κ3) is 19.6. The molecule has 0 bridgehead atoms. The number of H-pyrrole nitrogens is 2. The first-order valence-corrected chi connectivity index (χ1v) is 34.2. The highest BCUT2D eigenvalue weighted by Crippen LogP contribution is 2.47. The van der Waals surface area contributed by atoms with E-state index in [0.29, 0.717) is 6.42 Å². The van der Waals surface area contributed by atoms with E-state index in [0.717, 1.165) is 96.7 Å². The molecule has 0 saturated heterocycles. The van der Waals surface area contributed by atoms with Crippen molar-refractivity contribution in [3.05, 3.63) is 275 Å². The molecule has 19 heteroatoms. The number of alkyl halides is 2. The molecule has 3 aliphatic carbocycles. The summed E-state index contributed by atoms with van der Waals surface area (Å²) < 4.78 is 21.8. The Kier molecular flexibility index (Phi) is 29.4. The van der Waals surface area contributed by atoms with E-state index < -0.39 is 48.8 Å². The second-order valence-electron chi connectivity index (χ2n) is 23.4. The highest BCUT2D eigenvalue weighted by atomic mass is 35.5. The van der Waals surface area contributed by atoms with Gasteiger partial charge in [-0.1, -0.05) is 220 Å². The van der Waals surface area contributed by atoms with Crippen LogP contribution in [-0.4, -0.2) is 121 Å². The maximum absolute atomic E-state index is 13.0. The molecule has 13 rings (SSSR count). The van der Waals surface area contributed by atoms with Crippen LogP contribution in [0.2, 0.25) is 0 Å². The first-order chi connectivity index (χ1) is 48.4. The fourth-order valence-corrected chi connectivity index (χ4v) is 12.6. The number of carboxylic acids is 1. The van der Waals surface area contributed by atoms with Crippen LogP contribution in [0.3, 0.4) is 0 Å². The summed E-state index contributed by atoms with van der Waals surface area (Å²) in [4.78, 5) is 67.8. The number of amides is 2. The first kappa shape index (κ1) is 75.6. The summed E-state index contributed by atoms with van der Waals surface area (Å²) in [7, 11) is 0. The van der Waals surface area contributed by atoms with Crippen molar-refractivity contribution in [2.45, 2.75) is 82.2 Å². The standard InChI is InChI=1S/C32H32N2O4.C26H22N2O4.C16H14O3.C6H12O.CH2Cl2.B/c1-2-3-4-11-18-37-31(35)30(19-22-20-33-29-17-10-9-12-23(22)29)34-32(36)38-21-28-26-15-7-5-13-24(26)25-14-6-8-16-27(25)28;29-25(30)24(13-16-14-27-23-12-6-5-7-17(16)23)28-26(31)32-15-22-20-10-3-1-8-18(20)19-9-2-4-11-21(19)22;17-9-16(18)19-10-15-13-7-3-1-5-11(13)12-6-2-4-8-14(12)15;1-2-3-4-5-6-7;2-1-3;/h3-10,12-17,20,28,30,33H,2,11,18-19,21H2,1H3,(H,34,36);1-12,14,22,24,27H,13,15H2,(H,28,31)(H,29,30);1-8,15,17H,9-10H2;3-4,7H,2,5-6H2,1H3;1H2;/b4-3-;;;4-3-;;/t30-;24-;;;;/m00..../s1. The molecule has 8 aromatic carbocycles. The number of aliphatic hydroxyl groups is 2. The highest BCUT2D eigenvalue weighted by molar-refractivity contribution is 6.40. The topological polar surface area (TPSA) is 239 Å². The summed E-state index contributed by atoms with van der Waals surface area (Å²) in [5.74, 6) is -2.25. The maximum Gasteiger partial charge on any atom is 0.407 e. The zero-order valence-corrected chi connectivity index (χ0v) is 57.4. The van der Waals surface area contributed by atoms with Crippen molar-refractivity contribution in [3.8, 4) is 33.4 Å². The Hall–Kier alpha value is -10.2. The number of alkyl carbamates (subject to hydrolysis) is 2. The van der Waals surface area contributed by atoms with Crippen LogP contribution in [0.5, 0.6) is 0 Å². The summed E-state index contributed by atoms with van der Waals surface area (Å²) >= 11 is 9.53. The van der Waals surface area contributed by atoms with Crippen molar-refractivity contribution in [2.75, 3.05) is 45.0 Å². The minimum atomic E-state index is -1.11. The normalized spacial score (nSPS) is 12.7. The van der Waals surface area contributed by atoms with E-state index in [-0.39, 0.29) is 77.4 Å². The Balaban J connectivity index is 0.000000184. The summed E-state index contributed by atoms with van der Waals surface area (Å²) in [6.07, 6.45) is 14.2. The van der Waals surface area contributed by atoms with Gasteiger partial charge < -0.3 is 54.9 Å². The molecule has 0 fully saturated rings. The number of fused-ring (bicyclic) bond motifs is 11. The fourth-order valence-electron chi connectivity index (χ4n) is 12.6. The van der Waals surface area contributed by atoms with Gasteiger partial charge in [-0.25, -0.2) is 24.0 Å². The molecule has 2 heterocycles. The van der Waals surface area contributed by atoms with Crippen LogP contribution >= 0.6 is 23.2 Å². The minimum absolute atomic E-state index is 0. The van der Waals surface area contributed by atoms with E-state index in [1.807, 2.05) is 158 Å². The molecule has 0 unspecified atom stereocenters. The first-order valence-electron chi connectivity index (χ1n) is 33.1. The maximum atomic E-state index is 13.0. The zero-order valence-electron chi connectivity index (χ0n) is 55.9. The van der Waals surface area contributed by atoms with Gasteiger partial charge in [-0.2, -0.15) is 0 Å².